The first-order valence-electron chi connectivity index (χ1n) is 5.21. The van der Waals surface area contributed by atoms with Gasteiger partial charge >= 0.3 is 0 Å². The Morgan fingerprint density at radius 3 is 2.53 bits per heavy atom. The van der Waals surface area contributed by atoms with E-state index in [0.29, 0.717) is 0 Å². The van der Waals surface area contributed by atoms with Crippen LogP contribution in [0.3, 0.4) is 0 Å². The van der Waals surface area contributed by atoms with Crippen LogP contribution in [0.1, 0.15) is 0 Å². The van der Waals surface area contributed by atoms with E-state index in [1.54, 1.807) is 0 Å². The maximum absolute atomic E-state index is 4.08. The Morgan fingerprint density at radius 2 is 1.65 bits per heavy atom. The first-order chi connectivity index (χ1) is 8.43. The Labute approximate surface area is 97.4 Å². The quantitative estimate of drug-likeness (QED) is 0.627. The third-order valence-corrected chi connectivity index (χ3v) is 2.34. The van der Waals surface area contributed by atoms with Crippen LogP contribution in [-0.4, -0.2) is 15.1 Å². The molecule has 0 spiro atoms. The van der Waals surface area contributed by atoms with E-state index >= 15 is 0 Å². The average Bonchev–Trinajstić information content (AvgIpc) is 2.81. The third-order valence-electron chi connectivity index (χ3n) is 2.34. The molecule has 0 N–H and O–H groups in total. The van der Waals surface area contributed by atoms with Crippen LogP contribution in [0.25, 0.3) is 11.0 Å². The molecule has 5 heteroatoms. The van der Waals surface area contributed by atoms with Crippen LogP contribution in [0.15, 0.2) is 64.9 Å². The fourth-order valence-corrected chi connectivity index (χ4v) is 1.51. The molecule has 0 aliphatic heterocycles. The molecule has 0 aliphatic rings. The molecule has 2 aromatic carbocycles. The van der Waals surface area contributed by atoms with Crippen LogP contribution >= 0.6 is 0 Å². The lowest BCUT2D eigenvalue weighted by atomic mass is 10.3. The summed E-state index contributed by atoms with van der Waals surface area (Å²) in [7, 11) is 0. The van der Waals surface area contributed by atoms with E-state index < -0.39 is 0 Å². The summed E-state index contributed by atoms with van der Waals surface area (Å²) in [5.74, 6) is 0. The molecule has 1 heterocycles. The van der Waals surface area contributed by atoms with E-state index in [2.05, 4.69) is 20.6 Å². The van der Waals surface area contributed by atoms with Crippen molar-refractivity contribution in [2.45, 2.75) is 0 Å². The average molecular weight is 223 g/mol. The van der Waals surface area contributed by atoms with Gasteiger partial charge < -0.3 is 0 Å². The molecule has 82 valence electrons. The molecule has 0 aliphatic carbocycles. The van der Waals surface area contributed by atoms with Gasteiger partial charge in [0.15, 0.2) is 0 Å². The van der Waals surface area contributed by atoms with Crippen LogP contribution < -0.4 is 0 Å². The number of para-hydroxylation sites is 1. The lowest BCUT2D eigenvalue weighted by Gasteiger charge is -1.92. The number of hydrogen-bond donors (Lipinski definition) is 0. The van der Waals surface area contributed by atoms with E-state index in [0.717, 1.165) is 16.7 Å². The van der Waals surface area contributed by atoms with Crippen molar-refractivity contribution < 1.29 is 0 Å². The summed E-state index contributed by atoms with van der Waals surface area (Å²) >= 11 is 0. The number of hydrogen-bond acceptors (Lipinski definition) is 4. The van der Waals surface area contributed by atoms with Gasteiger partial charge in [-0.1, -0.05) is 30.3 Å². The molecule has 3 aromatic rings. The zero-order valence-electron chi connectivity index (χ0n) is 8.93. The normalized spacial score (nSPS) is 11.3. The highest BCUT2D eigenvalue weighted by Gasteiger charge is 2.00. The summed E-state index contributed by atoms with van der Waals surface area (Å²) in [4.78, 5) is 1.42. The first kappa shape index (κ1) is 9.65. The highest BCUT2D eigenvalue weighted by atomic mass is 15.6. The molecule has 0 amide bonds. The summed E-state index contributed by atoms with van der Waals surface area (Å²) < 4.78 is 0. The van der Waals surface area contributed by atoms with Gasteiger partial charge in [-0.2, -0.15) is 0 Å². The minimum Gasteiger partial charge on any atom is -0.131 e. The Hall–Kier alpha value is -2.56. The molecule has 0 bridgehead atoms. The van der Waals surface area contributed by atoms with Crippen LogP contribution in [-0.2, 0) is 0 Å². The molecule has 0 radical (unpaired) electrons. The maximum atomic E-state index is 4.08. The van der Waals surface area contributed by atoms with Gasteiger partial charge in [-0.25, -0.2) is 0 Å². The summed E-state index contributed by atoms with van der Waals surface area (Å²) in [5.41, 5.74) is 2.43. The lowest BCUT2D eigenvalue weighted by molar-refractivity contribution is 0.674. The predicted octanol–water partition coefficient (Wildman–Crippen LogP) is 2.98. The van der Waals surface area contributed by atoms with Crippen molar-refractivity contribution in [3.8, 4) is 0 Å². The smallest absolute Gasteiger partial charge is 0.117 e. The number of fused-ring (bicyclic) bond motifs is 1. The second-order valence-electron chi connectivity index (χ2n) is 3.49. The fourth-order valence-electron chi connectivity index (χ4n) is 1.51. The van der Waals surface area contributed by atoms with Crippen LogP contribution in [0.4, 0.5) is 5.69 Å². The van der Waals surface area contributed by atoms with Crippen molar-refractivity contribution in [3.05, 3.63) is 54.6 Å². The minimum absolute atomic E-state index is 0.784. The Morgan fingerprint density at radius 1 is 0.882 bits per heavy atom. The van der Waals surface area contributed by atoms with Gasteiger partial charge in [0.05, 0.1) is 5.69 Å². The summed E-state index contributed by atoms with van der Waals surface area (Å²) in [6, 6.07) is 17.1. The van der Waals surface area contributed by atoms with Gasteiger partial charge in [0.25, 0.3) is 0 Å². The van der Waals surface area contributed by atoms with Crippen LogP contribution in [0.5, 0.6) is 0 Å². The van der Waals surface area contributed by atoms with Crippen LogP contribution in [0.2, 0.25) is 0 Å². The van der Waals surface area contributed by atoms with Crippen LogP contribution in [0, 0.1) is 0 Å². The molecular weight excluding hydrogens is 214 g/mol. The third kappa shape index (κ3) is 1.90. The van der Waals surface area contributed by atoms with Gasteiger partial charge in [0, 0.05) is 0 Å². The lowest BCUT2D eigenvalue weighted by Crippen LogP contribution is -1.88. The second-order valence-corrected chi connectivity index (χ2v) is 3.49. The molecule has 0 fully saturated rings. The topological polar surface area (TPSA) is 55.4 Å². The monoisotopic (exact) mass is 223 g/mol. The van der Waals surface area contributed by atoms with E-state index in [9.17, 15) is 0 Å². The second kappa shape index (κ2) is 4.13. The van der Waals surface area contributed by atoms with Gasteiger partial charge in [0.1, 0.15) is 11.0 Å². The Bertz CT molecular complexity index is 657. The molecule has 0 atom stereocenters. The van der Waals surface area contributed by atoms with Crippen molar-refractivity contribution >= 4 is 16.7 Å². The highest BCUT2D eigenvalue weighted by Crippen LogP contribution is 2.13. The molecule has 0 unspecified atom stereocenters. The SMILES string of the molecule is c1ccc(N=Nn2nnc3ccccc32)cc1. The molecule has 1 aromatic heterocycles. The molecule has 0 saturated carbocycles. The fraction of sp³-hybridized carbons (Fsp3) is 0. The summed E-state index contributed by atoms with van der Waals surface area (Å²) in [6.45, 7) is 0. The van der Waals surface area contributed by atoms with Crippen molar-refractivity contribution in [3.63, 3.8) is 0 Å². The van der Waals surface area contributed by atoms with E-state index in [1.807, 2.05) is 54.6 Å². The Kier molecular flexibility index (Phi) is 2.34. The van der Waals surface area contributed by atoms with Crippen molar-refractivity contribution in [2.75, 3.05) is 0 Å². The van der Waals surface area contributed by atoms with Crippen molar-refractivity contribution in [1.82, 2.24) is 15.1 Å². The zero-order chi connectivity index (χ0) is 11.5. The van der Waals surface area contributed by atoms with Crippen molar-refractivity contribution in [1.29, 1.82) is 0 Å². The molecule has 17 heavy (non-hydrogen) atoms. The predicted molar refractivity (Wildman–Crippen MR) is 63.9 cm³/mol. The number of aromatic nitrogens is 3. The maximum Gasteiger partial charge on any atom is 0.117 e. The highest BCUT2D eigenvalue weighted by molar-refractivity contribution is 5.73. The number of benzene rings is 2. The largest absolute Gasteiger partial charge is 0.131 e. The number of rotatable bonds is 2. The van der Waals surface area contributed by atoms with Crippen molar-refractivity contribution in [2.24, 2.45) is 10.3 Å². The summed E-state index contributed by atoms with van der Waals surface area (Å²) in [5, 5.41) is 16.0. The summed E-state index contributed by atoms with van der Waals surface area (Å²) in [6.07, 6.45) is 0. The van der Waals surface area contributed by atoms with E-state index in [1.165, 1.54) is 4.79 Å². The molecule has 3 rings (SSSR count). The number of nitrogens with zero attached hydrogens (tertiary/aromatic N) is 5. The van der Waals surface area contributed by atoms with Gasteiger partial charge in [-0.15, -0.1) is 15.0 Å². The van der Waals surface area contributed by atoms with E-state index in [4.69, 9.17) is 0 Å². The molecule has 0 saturated heterocycles. The zero-order valence-corrected chi connectivity index (χ0v) is 8.93. The Balaban J connectivity index is 1.98. The first-order valence-corrected chi connectivity index (χ1v) is 5.21. The van der Waals surface area contributed by atoms with Gasteiger partial charge in [-0.3, -0.25) is 0 Å². The molecule has 5 nitrogen and oxygen atoms in total. The van der Waals surface area contributed by atoms with Gasteiger partial charge in [0.2, 0.25) is 0 Å². The van der Waals surface area contributed by atoms with E-state index in [-0.39, 0.29) is 0 Å². The standard InChI is InChI=1S/C12H9N5/c1-2-6-10(7-3-1)13-15-17-12-9-5-4-8-11(12)14-16-17/h1-9H. The minimum atomic E-state index is 0.784. The van der Waals surface area contributed by atoms with Gasteiger partial charge in [-0.05, 0) is 34.7 Å². The molecular formula is C12H9N5.